The number of piperidine rings is 1. The number of nitro benzene ring substituents is 1. The highest BCUT2D eigenvalue weighted by atomic mass is 16.6. The fourth-order valence-corrected chi connectivity index (χ4v) is 3.79. The summed E-state index contributed by atoms with van der Waals surface area (Å²) in [7, 11) is 0. The highest BCUT2D eigenvalue weighted by Gasteiger charge is 2.28. The lowest BCUT2D eigenvalue weighted by atomic mass is 9.99. The van der Waals surface area contributed by atoms with Crippen LogP contribution in [0.4, 0.5) is 11.4 Å². The van der Waals surface area contributed by atoms with Crippen LogP contribution in [0.5, 0.6) is 0 Å². The molecule has 2 saturated heterocycles. The van der Waals surface area contributed by atoms with Gasteiger partial charge in [0.2, 0.25) is 0 Å². The summed E-state index contributed by atoms with van der Waals surface area (Å²) >= 11 is 0. The number of carbonyl (C=O) groups is 2. The molecule has 9 nitrogen and oxygen atoms in total. The number of anilines is 1. The van der Waals surface area contributed by atoms with Gasteiger partial charge in [0, 0.05) is 32.2 Å². The zero-order valence-corrected chi connectivity index (χ0v) is 16.8. The van der Waals surface area contributed by atoms with Gasteiger partial charge in [-0.15, -0.1) is 0 Å². The number of amides is 1. The van der Waals surface area contributed by atoms with E-state index in [0.717, 1.165) is 25.9 Å². The molecule has 2 fully saturated rings. The maximum absolute atomic E-state index is 12.5. The van der Waals surface area contributed by atoms with Gasteiger partial charge in [0.15, 0.2) is 6.10 Å². The fraction of sp³-hybridized carbons (Fsp3) is 0.600. The number of nitro groups is 1. The van der Waals surface area contributed by atoms with Gasteiger partial charge in [-0.3, -0.25) is 14.9 Å². The Kier molecular flexibility index (Phi) is 6.68. The summed E-state index contributed by atoms with van der Waals surface area (Å²) in [5.41, 5.74) is 0.448. The Labute approximate surface area is 169 Å². The van der Waals surface area contributed by atoms with Gasteiger partial charge < -0.3 is 19.3 Å². The number of benzene rings is 1. The molecule has 2 aliphatic rings. The van der Waals surface area contributed by atoms with Crippen molar-refractivity contribution in [3.63, 3.8) is 0 Å². The van der Waals surface area contributed by atoms with E-state index in [0.29, 0.717) is 37.9 Å². The molecule has 2 heterocycles. The lowest BCUT2D eigenvalue weighted by Gasteiger charge is -2.32. The minimum absolute atomic E-state index is 0.0622. The van der Waals surface area contributed by atoms with Crippen molar-refractivity contribution in [2.75, 3.05) is 44.3 Å². The Balaban J connectivity index is 1.72. The quantitative estimate of drug-likeness (QED) is 0.420. The maximum Gasteiger partial charge on any atom is 0.339 e. The zero-order chi connectivity index (χ0) is 21.0. The lowest BCUT2D eigenvalue weighted by molar-refractivity contribution is -0.384. The van der Waals surface area contributed by atoms with Gasteiger partial charge in [0.25, 0.3) is 11.6 Å². The third-order valence-electron chi connectivity index (χ3n) is 5.36. The van der Waals surface area contributed by atoms with Crippen LogP contribution in [-0.2, 0) is 14.3 Å². The van der Waals surface area contributed by atoms with E-state index >= 15 is 0 Å². The minimum atomic E-state index is -0.970. The van der Waals surface area contributed by atoms with E-state index in [1.54, 1.807) is 11.0 Å². The molecule has 1 aromatic carbocycles. The van der Waals surface area contributed by atoms with E-state index in [1.165, 1.54) is 19.1 Å². The van der Waals surface area contributed by atoms with Crippen molar-refractivity contribution in [2.24, 2.45) is 5.92 Å². The molecule has 0 N–H and O–H groups in total. The van der Waals surface area contributed by atoms with E-state index in [2.05, 4.69) is 6.92 Å². The molecule has 9 heteroatoms. The first kappa shape index (κ1) is 21.0. The van der Waals surface area contributed by atoms with Crippen molar-refractivity contribution >= 4 is 23.3 Å². The summed E-state index contributed by atoms with van der Waals surface area (Å²) in [5, 5.41) is 11.6. The van der Waals surface area contributed by atoms with Gasteiger partial charge >= 0.3 is 5.97 Å². The number of carbonyl (C=O) groups excluding carboxylic acids is 2. The van der Waals surface area contributed by atoms with E-state index in [4.69, 9.17) is 9.47 Å². The first-order valence-corrected chi connectivity index (χ1v) is 9.97. The predicted octanol–water partition coefficient (Wildman–Crippen LogP) is 2.24. The molecule has 0 saturated carbocycles. The highest BCUT2D eigenvalue weighted by molar-refractivity contribution is 5.93. The van der Waals surface area contributed by atoms with Crippen molar-refractivity contribution < 1.29 is 24.0 Å². The molecule has 0 radical (unpaired) electrons. The summed E-state index contributed by atoms with van der Waals surface area (Å²) in [6.45, 7) is 6.94. The summed E-state index contributed by atoms with van der Waals surface area (Å²) in [4.78, 5) is 39.6. The van der Waals surface area contributed by atoms with Gasteiger partial charge in [-0.2, -0.15) is 0 Å². The third kappa shape index (κ3) is 5.03. The molecule has 0 aliphatic carbocycles. The van der Waals surface area contributed by atoms with Crippen LogP contribution in [0.15, 0.2) is 18.2 Å². The fourth-order valence-electron chi connectivity index (χ4n) is 3.79. The van der Waals surface area contributed by atoms with Crippen LogP contribution in [0.2, 0.25) is 0 Å². The molecule has 158 valence electrons. The van der Waals surface area contributed by atoms with Gasteiger partial charge in [-0.25, -0.2) is 4.79 Å². The molecule has 1 aromatic rings. The molecule has 2 aliphatic heterocycles. The van der Waals surface area contributed by atoms with Crippen LogP contribution in [-0.4, -0.2) is 67.2 Å². The Morgan fingerprint density at radius 1 is 1.28 bits per heavy atom. The second kappa shape index (κ2) is 9.21. The van der Waals surface area contributed by atoms with Gasteiger partial charge in [0.05, 0.1) is 23.7 Å². The van der Waals surface area contributed by atoms with Crippen LogP contribution in [0, 0.1) is 16.0 Å². The Hall–Kier alpha value is -2.68. The number of hydrogen-bond donors (Lipinski definition) is 0. The number of nitrogens with zero attached hydrogens (tertiary/aromatic N) is 3. The number of ether oxygens (including phenoxy) is 2. The van der Waals surface area contributed by atoms with Crippen LogP contribution < -0.4 is 4.90 Å². The van der Waals surface area contributed by atoms with Crippen LogP contribution in [0.3, 0.4) is 0 Å². The van der Waals surface area contributed by atoms with Crippen LogP contribution in [0.1, 0.15) is 37.0 Å². The van der Waals surface area contributed by atoms with Gasteiger partial charge in [0.1, 0.15) is 5.69 Å². The molecular weight excluding hydrogens is 378 g/mol. The van der Waals surface area contributed by atoms with E-state index < -0.39 is 17.0 Å². The Bertz CT molecular complexity index is 777. The Morgan fingerprint density at radius 2 is 2.00 bits per heavy atom. The second-order valence-corrected chi connectivity index (χ2v) is 7.64. The molecular formula is C20H27N3O6. The number of rotatable bonds is 5. The smallest absolute Gasteiger partial charge is 0.339 e. The molecule has 1 amide bonds. The van der Waals surface area contributed by atoms with Crippen LogP contribution in [0.25, 0.3) is 0 Å². The largest absolute Gasteiger partial charge is 0.449 e. The monoisotopic (exact) mass is 405 g/mol. The first-order valence-electron chi connectivity index (χ1n) is 9.97. The van der Waals surface area contributed by atoms with Crippen molar-refractivity contribution in [3.05, 3.63) is 33.9 Å². The third-order valence-corrected chi connectivity index (χ3v) is 5.36. The molecule has 0 spiro atoms. The maximum atomic E-state index is 12.5. The number of esters is 1. The van der Waals surface area contributed by atoms with Crippen molar-refractivity contribution in [3.8, 4) is 0 Å². The zero-order valence-electron chi connectivity index (χ0n) is 16.8. The first-order chi connectivity index (χ1) is 13.9. The van der Waals surface area contributed by atoms with E-state index in [9.17, 15) is 19.7 Å². The topological polar surface area (TPSA) is 102 Å². The average Bonchev–Trinajstić information content (AvgIpc) is 2.73. The molecule has 2 atom stereocenters. The Morgan fingerprint density at radius 3 is 2.66 bits per heavy atom. The standard InChI is InChI=1S/C20H27N3O6/c1-14-4-3-7-22(13-14)17-6-5-16(12-18(17)23(26)27)20(25)29-15(2)19(24)21-8-10-28-11-9-21/h5-6,12,14-15H,3-4,7-11,13H2,1-2H3. The van der Waals surface area contributed by atoms with Crippen molar-refractivity contribution in [1.82, 2.24) is 4.90 Å². The predicted molar refractivity (Wildman–Crippen MR) is 106 cm³/mol. The number of hydrogen-bond acceptors (Lipinski definition) is 7. The number of morpholine rings is 1. The van der Waals surface area contributed by atoms with Crippen LogP contribution >= 0.6 is 0 Å². The molecule has 0 bridgehead atoms. The van der Waals surface area contributed by atoms with Crippen molar-refractivity contribution in [2.45, 2.75) is 32.8 Å². The van der Waals surface area contributed by atoms with Crippen molar-refractivity contribution in [1.29, 1.82) is 0 Å². The second-order valence-electron chi connectivity index (χ2n) is 7.64. The highest BCUT2D eigenvalue weighted by Crippen LogP contribution is 2.32. The molecule has 0 aromatic heterocycles. The normalized spacial score (nSPS) is 20.8. The van der Waals surface area contributed by atoms with Gasteiger partial charge in [-0.1, -0.05) is 6.92 Å². The minimum Gasteiger partial charge on any atom is -0.449 e. The summed E-state index contributed by atoms with van der Waals surface area (Å²) in [6.07, 6.45) is 1.11. The SMILES string of the molecule is CC1CCCN(c2ccc(C(=O)OC(C)C(=O)N3CCOCC3)cc2[N+](=O)[O-])C1. The molecule has 29 heavy (non-hydrogen) atoms. The lowest BCUT2D eigenvalue weighted by Crippen LogP contribution is -2.46. The molecule has 3 rings (SSSR count). The summed E-state index contributed by atoms with van der Waals surface area (Å²) < 4.78 is 10.5. The van der Waals surface area contributed by atoms with E-state index in [-0.39, 0.29) is 17.2 Å². The summed E-state index contributed by atoms with van der Waals surface area (Å²) in [6, 6.07) is 4.36. The average molecular weight is 405 g/mol. The molecule has 2 unspecified atom stereocenters. The van der Waals surface area contributed by atoms with Gasteiger partial charge in [-0.05, 0) is 37.8 Å². The summed E-state index contributed by atoms with van der Waals surface area (Å²) in [5.74, 6) is -0.587. The van der Waals surface area contributed by atoms with E-state index in [1.807, 2.05) is 4.90 Å².